The van der Waals surface area contributed by atoms with Gasteiger partial charge in [-0.05, 0) is 73.0 Å². The van der Waals surface area contributed by atoms with Crippen LogP contribution in [0.1, 0.15) is 28.3 Å². The number of Topliss-reactive ketones (excluding diaryl/α,β-unsaturated/α-hetero) is 1. The number of halogens is 2. The zero-order chi connectivity index (χ0) is 24.1. The van der Waals surface area contributed by atoms with E-state index in [1.54, 1.807) is 24.3 Å². The number of ketones is 1. The molecule has 1 aromatic heterocycles. The molecule has 1 fully saturated rings. The summed E-state index contributed by atoms with van der Waals surface area (Å²) < 4.78 is 14.6. The van der Waals surface area contributed by atoms with E-state index in [1.165, 1.54) is 40.5 Å². The lowest BCUT2D eigenvalue weighted by Gasteiger charge is -2.23. The average molecular weight is 493 g/mol. The largest absolute Gasteiger partial charge is 0.507 e. The summed E-state index contributed by atoms with van der Waals surface area (Å²) in [6, 6.07) is 14.8. The van der Waals surface area contributed by atoms with Gasteiger partial charge in [-0.15, -0.1) is 0 Å². The van der Waals surface area contributed by atoms with E-state index in [4.69, 9.17) is 11.6 Å². The second-order valence-corrected chi connectivity index (χ2v) is 9.60. The van der Waals surface area contributed by atoms with E-state index in [9.17, 15) is 19.1 Å². The molecule has 0 aliphatic carbocycles. The van der Waals surface area contributed by atoms with Gasteiger partial charge in [0.1, 0.15) is 11.6 Å². The SMILES string of the molecule is Cc1cc(C)c2nc(N3C(=O)C(=O)/C(=C(/O)c4ccc(Cl)cc4)C3c3ccc(F)cc3)sc2c1. The quantitative estimate of drug-likeness (QED) is 0.206. The van der Waals surface area contributed by atoms with Crippen LogP contribution in [0.2, 0.25) is 5.02 Å². The molecule has 4 aromatic rings. The monoisotopic (exact) mass is 492 g/mol. The molecule has 1 atom stereocenters. The van der Waals surface area contributed by atoms with Crippen LogP contribution in [-0.4, -0.2) is 21.8 Å². The fourth-order valence-corrected chi connectivity index (χ4v) is 5.51. The second kappa shape index (κ2) is 8.34. The summed E-state index contributed by atoms with van der Waals surface area (Å²) in [4.78, 5) is 32.5. The van der Waals surface area contributed by atoms with Crippen molar-refractivity contribution in [1.82, 2.24) is 4.98 Å². The summed E-state index contributed by atoms with van der Waals surface area (Å²) >= 11 is 7.25. The predicted molar refractivity (Wildman–Crippen MR) is 132 cm³/mol. The summed E-state index contributed by atoms with van der Waals surface area (Å²) in [5.74, 6) is -2.43. The van der Waals surface area contributed by atoms with Gasteiger partial charge < -0.3 is 5.11 Å². The van der Waals surface area contributed by atoms with Crippen molar-refractivity contribution >= 4 is 55.7 Å². The normalized spacial score (nSPS) is 17.6. The van der Waals surface area contributed by atoms with Gasteiger partial charge in [-0.1, -0.05) is 41.1 Å². The lowest BCUT2D eigenvalue weighted by molar-refractivity contribution is -0.132. The van der Waals surface area contributed by atoms with Gasteiger partial charge in [0.2, 0.25) is 0 Å². The van der Waals surface area contributed by atoms with E-state index in [1.807, 2.05) is 26.0 Å². The number of carbonyl (C=O) groups excluding carboxylic acids is 2. The number of aliphatic hydroxyl groups is 1. The molecular formula is C26H18ClFN2O3S. The highest BCUT2D eigenvalue weighted by molar-refractivity contribution is 7.22. The molecule has 34 heavy (non-hydrogen) atoms. The summed E-state index contributed by atoms with van der Waals surface area (Å²) in [6.07, 6.45) is 0. The minimum absolute atomic E-state index is 0.0916. The molecule has 0 bridgehead atoms. The van der Waals surface area contributed by atoms with Gasteiger partial charge in [0.15, 0.2) is 5.13 Å². The number of thiazole rings is 1. The number of aliphatic hydroxyl groups excluding tert-OH is 1. The van der Waals surface area contributed by atoms with E-state index in [-0.39, 0.29) is 11.3 Å². The van der Waals surface area contributed by atoms with Gasteiger partial charge in [0.25, 0.3) is 5.78 Å². The van der Waals surface area contributed by atoms with Crippen molar-refractivity contribution in [2.75, 3.05) is 4.90 Å². The fraction of sp³-hybridized carbons (Fsp3) is 0.115. The van der Waals surface area contributed by atoms with Crippen LogP contribution in [0.4, 0.5) is 9.52 Å². The Morgan fingerprint density at radius 3 is 2.41 bits per heavy atom. The van der Waals surface area contributed by atoms with Gasteiger partial charge in [-0.2, -0.15) is 0 Å². The van der Waals surface area contributed by atoms with Crippen LogP contribution in [0.3, 0.4) is 0 Å². The highest BCUT2D eigenvalue weighted by Crippen LogP contribution is 2.44. The number of rotatable bonds is 3. The molecule has 3 aromatic carbocycles. The number of nitrogens with zero attached hydrogens (tertiary/aromatic N) is 2. The molecule has 0 radical (unpaired) electrons. The summed E-state index contributed by atoms with van der Waals surface area (Å²) in [5, 5.41) is 11.9. The van der Waals surface area contributed by atoms with Crippen LogP contribution in [0.5, 0.6) is 0 Å². The highest BCUT2D eigenvalue weighted by atomic mass is 35.5. The first kappa shape index (κ1) is 22.3. The molecule has 0 saturated carbocycles. The maximum absolute atomic E-state index is 13.7. The Labute approximate surface area is 203 Å². The molecule has 0 spiro atoms. The van der Waals surface area contributed by atoms with Crippen LogP contribution in [0, 0.1) is 19.7 Å². The first-order valence-corrected chi connectivity index (χ1v) is 11.6. The van der Waals surface area contributed by atoms with E-state index >= 15 is 0 Å². The summed E-state index contributed by atoms with van der Waals surface area (Å²) in [5.41, 5.74) is 3.47. The maximum Gasteiger partial charge on any atom is 0.301 e. The molecule has 1 aliphatic heterocycles. The number of fused-ring (bicyclic) bond motifs is 1. The Bertz CT molecular complexity index is 1490. The van der Waals surface area contributed by atoms with Crippen LogP contribution < -0.4 is 4.90 Å². The van der Waals surface area contributed by atoms with Crippen LogP contribution >= 0.6 is 22.9 Å². The number of benzene rings is 3. The number of amides is 1. The molecule has 1 saturated heterocycles. The molecular weight excluding hydrogens is 475 g/mol. The van der Waals surface area contributed by atoms with E-state index in [0.717, 1.165) is 21.3 Å². The molecule has 1 unspecified atom stereocenters. The summed E-state index contributed by atoms with van der Waals surface area (Å²) in [6.45, 7) is 3.91. The van der Waals surface area contributed by atoms with E-state index in [0.29, 0.717) is 21.3 Å². The third-order valence-corrected chi connectivity index (χ3v) is 7.03. The van der Waals surface area contributed by atoms with Crippen molar-refractivity contribution in [1.29, 1.82) is 0 Å². The van der Waals surface area contributed by atoms with Gasteiger partial charge in [0.05, 0.1) is 21.8 Å². The first-order chi connectivity index (χ1) is 16.2. The first-order valence-electron chi connectivity index (χ1n) is 10.4. The molecule has 1 amide bonds. The Balaban J connectivity index is 1.74. The van der Waals surface area contributed by atoms with Crippen molar-refractivity contribution in [3.63, 3.8) is 0 Å². The minimum Gasteiger partial charge on any atom is -0.507 e. The molecule has 5 nitrogen and oxygen atoms in total. The number of hydrogen-bond acceptors (Lipinski definition) is 5. The van der Waals surface area contributed by atoms with Crippen LogP contribution in [0.25, 0.3) is 16.0 Å². The Hall–Kier alpha value is -3.55. The van der Waals surface area contributed by atoms with Crippen molar-refractivity contribution in [3.05, 3.63) is 99.3 Å². The second-order valence-electron chi connectivity index (χ2n) is 8.15. The van der Waals surface area contributed by atoms with Crippen molar-refractivity contribution in [2.45, 2.75) is 19.9 Å². The number of aromatic nitrogens is 1. The van der Waals surface area contributed by atoms with E-state index < -0.39 is 23.5 Å². The lowest BCUT2D eigenvalue weighted by Crippen LogP contribution is -2.29. The minimum atomic E-state index is -0.974. The molecule has 8 heteroatoms. The Morgan fingerprint density at radius 1 is 1.06 bits per heavy atom. The van der Waals surface area contributed by atoms with E-state index in [2.05, 4.69) is 4.98 Å². The molecule has 1 N–H and O–H groups in total. The predicted octanol–water partition coefficient (Wildman–Crippen LogP) is 6.33. The smallest absolute Gasteiger partial charge is 0.301 e. The molecule has 5 rings (SSSR count). The van der Waals surface area contributed by atoms with Crippen LogP contribution in [0.15, 0.2) is 66.2 Å². The zero-order valence-corrected chi connectivity index (χ0v) is 19.7. The van der Waals surface area contributed by atoms with Crippen molar-refractivity contribution in [3.8, 4) is 0 Å². The van der Waals surface area contributed by atoms with Crippen LogP contribution in [-0.2, 0) is 9.59 Å². The number of anilines is 1. The fourth-order valence-electron chi connectivity index (χ4n) is 4.22. The number of aryl methyl sites for hydroxylation is 2. The Morgan fingerprint density at radius 2 is 1.74 bits per heavy atom. The average Bonchev–Trinajstić information content (AvgIpc) is 3.33. The third-order valence-electron chi connectivity index (χ3n) is 5.77. The van der Waals surface area contributed by atoms with Crippen molar-refractivity contribution in [2.24, 2.45) is 0 Å². The summed E-state index contributed by atoms with van der Waals surface area (Å²) in [7, 11) is 0. The standard InChI is InChI=1S/C26H18ClFN2O3S/c1-13-11-14(2)21-19(12-13)34-26(29-21)30-22(15-5-9-18(28)10-6-15)20(24(32)25(30)33)23(31)16-3-7-17(27)8-4-16/h3-12,22,31H,1-2H3/b23-20+. The van der Waals surface area contributed by atoms with Gasteiger partial charge in [-0.3, -0.25) is 14.5 Å². The topological polar surface area (TPSA) is 70.5 Å². The Kier molecular flexibility index (Phi) is 5.46. The number of carbonyl (C=O) groups is 2. The van der Waals surface area contributed by atoms with Gasteiger partial charge in [0, 0.05) is 10.6 Å². The van der Waals surface area contributed by atoms with Crippen molar-refractivity contribution < 1.29 is 19.1 Å². The zero-order valence-electron chi connectivity index (χ0n) is 18.2. The molecule has 1 aliphatic rings. The highest BCUT2D eigenvalue weighted by Gasteiger charge is 2.48. The maximum atomic E-state index is 13.7. The molecule has 2 heterocycles. The van der Waals surface area contributed by atoms with Gasteiger partial charge in [-0.25, -0.2) is 9.37 Å². The van der Waals surface area contributed by atoms with Gasteiger partial charge >= 0.3 is 5.91 Å². The number of hydrogen-bond donors (Lipinski definition) is 1. The third kappa shape index (κ3) is 3.67. The lowest BCUT2D eigenvalue weighted by atomic mass is 9.95. The molecule has 170 valence electrons.